The van der Waals surface area contributed by atoms with E-state index in [9.17, 15) is 0 Å². The number of halogens is 1. The molecule has 1 aromatic carbocycles. The molecule has 1 saturated carbocycles. The van der Waals surface area contributed by atoms with Crippen molar-refractivity contribution in [3.8, 4) is 0 Å². The van der Waals surface area contributed by atoms with Gasteiger partial charge in [-0.05, 0) is 67.8 Å². The van der Waals surface area contributed by atoms with Crippen molar-refractivity contribution in [1.82, 2.24) is 5.32 Å². The predicted octanol–water partition coefficient (Wildman–Crippen LogP) is 4.98. The Morgan fingerprint density at radius 1 is 1.21 bits per heavy atom. The molecule has 2 heteroatoms. The van der Waals surface area contributed by atoms with Crippen LogP contribution in [0.25, 0.3) is 0 Å². The molecule has 1 fully saturated rings. The Morgan fingerprint density at radius 3 is 2.53 bits per heavy atom. The number of rotatable bonds is 3. The Balaban J connectivity index is 2.20. The molecule has 0 radical (unpaired) electrons. The van der Waals surface area contributed by atoms with E-state index in [-0.39, 0.29) is 0 Å². The first-order valence-electron chi connectivity index (χ1n) is 7.46. The van der Waals surface area contributed by atoms with Gasteiger partial charge in [-0.15, -0.1) is 0 Å². The van der Waals surface area contributed by atoms with Crippen LogP contribution in [0, 0.1) is 24.7 Å². The molecule has 0 spiro atoms. The fraction of sp³-hybridized carbons (Fsp3) is 0.647. The van der Waals surface area contributed by atoms with Crippen LogP contribution in [0.15, 0.2) is 18.2 Å². The van der Waals surface area contributed by atoms with Crippen LogP contribution in [0.4, 0.5) is 0 Å². The van der Waals surface area contributed by atoms with E-state index in [1.165, 1.54) is 30.4 Å². The fourth-order valence-electron chi connectivity index (χ4n) is 3.53. The summed E-state index contributed by atoms with van der Waals surface area (Å²) in [7, 11) is 2.08. The third-order valence-electron chi connectivity index (χ3n) is 4.99. The molecule has 0 bridgehead atoms. The van der Waals surface area contributed by atoms with Gasteiger partial charge in [-0.1, -0.05) is 37.9 Å². The van der Waals surface area contributed by atoms with Gasteiger partial charge in [0.05, 0.1) is 0 Å². The van der Waals surface area contributed by atoms with Crippen molar-refractivity contribution in [2.45, 2.75) is 46.1 Å². The van der Waals surface area contributed by atoms with E-state index in [0.29, 0.717) is 6.04 Å². The summed E-state index contributed by atoms with van der Waals surface area (Å²) in [6, 6.07) is 6.76. The van der Waals surface area contributed by atoms with Crippen LogP contribution in [-0.2, 0) is 0 Å². The van der Waals surface area contributed by atoms with Crippen molar-refractivity contribution < 1.29 is 0 Å². The van der Waals surface area contributed by atoms with Crippen molar-refractivity contribution in [3.63, 3.8) is 0 Å². The van der Waals surface area contributed by atoms with Gasteiger partial charge in [0, 0.05) is 11.1 Å². The van der Waals surface area contributed by atoms with Crippen molar-refractivity contribution in [3.05, 3.63) is 34.3 Å². The lowest BCUT2D eigenvalue weighted by Gasteiger charge is -2.37. The molecule has 19 heavy (non-hydrogen) atoms. The van der Waals surface area contributed by atoms with Gasteiger partial charge in [-0.3, -0.25) is 0 Å². The molecule has 4 atom stereocenters. The minimum absolute atomic E-state index is 0.465. The van der Waals surface area contributed by atoms with Crippen LogP contribution in [0.1, 0.15) is 50.3 Å². The molecular weight excluding hydrogens is 254 g/mol. The first-order chi connectivity index (χ1) is 9.02. The summed E-state index contributed by atoms with van der Waals surface area (Å²) in [5.41, 5.74) is 2.72. The Labute approximate surface area is 122 Å². The number of hydrogen-bond acceptors (Lipinski definition) is 1. The molecular formula is C17H26ClN. The van der Waals surface area contributed by atoms with Crippen LogP contribution in [0.5, 0.6) is 0 Å². The summed E-state index contributed by atoms with van der Waals surface area (Å²) < 4.78 is 0. The monoisotopic (exact) mass is 279 g/mol. The quantitative estimate of drug-likeness (QED) is 0.823. The topological polar surface area (TPSA) is 12.0 Å². The second-order valence-electron chi connectivity index (χ2n) is 6.29. The van der Waals surface area contributed by atoms with Crippen molar-refractivity contribution >= 4 is 11.6 Å². The Morgan fingerprint density at radius 2 is 1.95 bits per heavy atom. The van der Waals surface area contributed by atoms with Crippen molar-refractivity contribution in [2.75, 3.05) is 7.05 Å². The summed E-state index contributed by atoms with van der Waals surface area (Å²) in [5, 5.41) is 4.38. The van der Waals surface area contributed by atoms with Gasteiger partial charge in [0.2, 0.25) is 0 Å². The molecule has 0 aromatic heterocycles. The molecule has 1 N–H and O–H groups in total. The predicted molar refractivity (Wildman–Crippen MR) is 83.7 cm³/mol. The smallest absolute Gasteiger partial charge is 0.0408 e. The Bertz CT molecular complexity index is 429. The first-order valence-corrected chi connectivity index (χ1v) is 7.84. The highest BCUT2D eigenvalue weighted by atomic mass is 35.5. The van der Waals surface area contributed by atoms with Gasteiger partial charge in [-0.25, -0.2) is 0 Å². The zero-order valence-corrected chi connectivity index (χ0v) is 13.3. The summed E-state index contributed by atoms with van der Waals surface area (Å²) in [6.07, 6.45) is 4.02. The lowest BCUT2D eigenvalue weighted by molar-refractivity contribution is 0.174. The maximum Gasteiger partial charge on any atom is 0.0408 e. The summed E-state index contributed by atoms with van der Waals surface area (Å²) in [5.74, 6) is 2.46. The zero-order chi connectivity index (χ0) is 14.0. The van der Waals surface area contributed by atoms with E-state index >= 15 is 0 Å². The van der Waals surface area contributed by atoms with E-state index in [0.717, 1.165) is 22.8 Å². The summed E-state index contributed by atoms with van der Waals surface area (Å²) >= 11 is 6.07. The summed E-state index contributed by atoms with van der Waals surface area (Å²) in [6.45, 7) is 6.96. The van der Waals surface area contributed by atoms with Crippen molar-refractivity contribution in [2.24, 2.45) is 17.8 Å². The van der Waals surface area contributed by atoms with Crippen LogP contribution < -0.4 is 5.32 Å². The summed E-state index contributed by atoms with van der Waals surface area (Å²) in [4.78, 5) is 0. The largest absolute Gasteiger partial charge is 0.313 e. The molecule has 0 saturated heterocycles. The maximum absolute atomic E-state index is 6.07. The number of benzene rings is 1. The van der Waals surface area contributed by atoms with E-state index < -0.39 is 0 Å². The molecule has 0 heterocycles. The molecule has 0 amide bonds. The van der Waals surface area contributed by atoms with E-state index in [4.69, 9.17) is 11.6 Å². The van der Waals surface area contributed by atoms with Crippen LogP contribution in [0.3, 0.4) is 0 Å². The number of aryl methyl sites for hydroxylation is 1. The highest BCUT2D eigenvalue weighted by Crippen LogP contribution is 2.40. The second kappa shape index (κ2) is 6.28. The lowest BCUT2D eigenvalue weighted by Crippen LogP contribution is -2.31. The average molecular weight is 280 g/mol. The van der Waals surface area contributed by atoms with E-state index in [1.54, 1.807) is 0 Å². The number of hydrogen-bond donors (Lipinski definition) is 1. The van der Waals surface area contributed by atoms with Gasteiger partial charge in [0.15, 0.2) is 0 Å². The first kappa shape index (κ1) is 14.9. The standard InChI is InChI=1S/C17H26ClN/c1-11-5-6-14(9-12(11)2)17(19-4)16-8-7-15(18)10-13(16)3/h7-8,10-12,14,17,19H,5-6,9H2,1-4H3. The zero-order valence-electron chi connectivity index (χ0n) is 12.5. The van der Waals surface area contributed by atoms with Crippen LogP contribution in [0.2, 0.25) is 5.02 Å². The molecule has 2 rings (SSSR count). The van der Waals surface area contributed by atoms with Gasteiger partial charge in [0.25, 0.3) is 0 Å². The molecule has 4 unspecified atom stereocenters. The Kier molecular flexibility index (Phi) is 4.92. The highest BCUT2D eigenvalue weighted by molar-refractivity contribution is 6.30. The number of nitrogens with one attached hydrogen (secondary N) is 1. The molecule has 1 aliphatic carbocycles. The highest BCUT2D eigenvalue weighted by Gasteiger charge is 2.30. The fourth-order valence-corrected chi connectivity index (χ4v) is 3.75. The minimum Gasteiger partial charge on any atom is -0.313 e. The molecule has 1 aromatic rings. The van der Waals surface area contributed by atoms with Gasteiger partial charge in [0.1, 0.15) is 0 Å². The lowest BCUT2D eigenvalue weighted by atomic mass is 9.71. The third-order valence-corrected chi connectivity index (χ3v) is 5.22. The van der Waals surface area contributed by atoms with E-state index in [2.05, 4.69) is 45.3 Å². The van der Waals surface area contributed by atoms with Crippen LogP contribution in [-0.4, -0.2) is 7.05 Å². The average Bonchev–Trinajstić information content (AvgIpc) is 2.37. The van der Waals surface area contributed by atoms with E-state index in [1.807, 2.05) is 6.07 Å². The molecule has 1 aliphatic rings. The molecule has 1 nitrogen and oxygen atoms in total. The van der Waals surface area contributed by atoms with Gasteiger partial charge < -0.3 is 5.32 Å². The molecule has 106 valence electrons. The third kappa shape index (κ3) is 3.32. The van der Waals surface area contributed by atoms with Gasteiger partial charge >= 0.3 is 0 Å². The normalized spacial score (nSPS) is 29.2. The second-order valence-corrected chi connectivity index (χ2v) is 6.73. The minimum atomic E-state index is 0.465. The van der Waals surface area contributed by atoms with Gasteiger partial charge in [-0.2, -0.15) is 0 Å². The maximum atomic E-state index is 6.07. The van der Waals surface area contributed by atoms with Crippen LogP contribution >= 0.6 is 11.6 Å². The molecule has 0 aliphatic heterocycles. The van der Waals surface area contributed by atoms with Crippen molar-refractivity contribution in [1.29, 1.82) is 0 Å². The SMILES string of the molecule is CNC(c1ccc(Cl)cc1C)C1CCC(C)C(C)C1. The Hall–Kier alpha value is -0.530.